The Morgan fingerprint density at radius 3 is 2.89 bits per heavy atom. The second-order valence-corrected chi connectivity index (χ2v) is 10.8. The molecular weight excluding hydrogens is 562 g/mol. The predicted molar refractivity (Wildman–Crippen MR) is 167 cm³/mol. The van der Waals surface area contributed by atoms with Gasteiger partial charge in [0.05, 0.1) is 30.0 Å². The minimum absolute atomic E-state index is 0.00655. The van der Waals surface area contributed by atoms with Gasteiger partial charge in [-0.2, -0.15) is 5.10 Å². The zero-order chi connectivity index (χ0) is 30.6. The van der Waals surface area contributed by atoms with Gasteiger partial charge in [-0.25, -0.2) is 19.9 Å². The molecule has 0 bridgehead atoms. The number of aryl methyl sites for hydroxylation is 3. The molecule has 14 heteroatoms. The Balaban J connectivity index is 1.10. The van der Waals surface area contributed by atoms with Crippen LogP contribution < -0.4 is 20.7 Å². The van der Waals surface area contributed by atoms with Gasteiger partial charge in [0.25, 0.3) is 0 Å². The molecule has 14 nitrogen and oxygen atoms in total. The Labute approximate surface area is 253 Å². The highest BCUT2D eigenvalue weighted by molar-refractivity contribution is 6.06. The molecule has 0 aliphatic carbocycles. The van der Waals surface area contributed by atoms with Crippen LogP contribution in [-0.2, 0) is 11.8 Å². The first-order valence-electron chi connectivity index (χ1n) is 14.4. The molecule has 4 aromatic heterocycles. The lowest BCUT2D eigenvalue weighted by Crippen LogP contribution is -2.33. The number of hydrogen-bond acceptors (Lipinski definition) is 11. The number of aromatic nitrogens is 7. The minimum Gasteiger partial charge on any atom is -0.473 e. The van der Waals surface area contributed by atoms with Crippen LogP contribution in [0.5, 0.6) is 5.88 Å². The van der Waals surface area contributed by atoms with E-state index >= 15 is 0 Å². The van der Waals surface area contributed by atoms with Gasteiger partial charge in [-0.1, -0.05) is 12.1 Å². The number of rotatable bonds is 11. The summed E-state index contributed by atoms with van der Waals surface area (Å²) < 4.78 is 7.82. The molecule has 5 heterocycles. The van der Waals surface area contributed by atoms with Gasteiger partial charge in [-0.3, -0.25) is 14.4 Å². The number of nitrogens with one attached hydrogen (secondary N) is 4. The van der Waals surface area contributed by atoms with Gasteiger partial charge in [-0.05, 0) is 31.9 Å². The van der Waals surface area contributed by atoms with E-state index in [0.717, 1.165) is 46.4 Å². The number of hydrogen-bond donors (Lipinski definition) is 5. The quantitative estimate of drug-likeness (QED) is 0.152. The van der Waals surface area contributed by atoms with Crippen molar-refractivity contribution in [3.8, 4) is 17.1 Å². The predicted octanol–water partition coefficient (Wildman–Crippen LogP) is 3.00. The SMILES string of the molecule is Cc1cnc(Nc2cc(C)n(C)n2)nc1-c1c[nH]c2c(NC(=O)CN3CC[C@H](Oc4cc(NCCO)ncn4)C3)cccc12. The third-order valence-corrected chi connectivity index (χ3v) is 7.51. The fraction of sp³-hybridized carbons (Fsp3) is 0.333. The maximum atomic E-state index is 13.1. The number of aromatic amines is 1. The highest BCUT2D eigenvalue weighted by Gasteiger charge is 2.26. The van der Waals surface area contributed by atoms with Crippen molar-refractivity contribution in [2.45, 2.75) is 26.4 Å². The smallest absolute Gasteiger partial charge is 0.238 e. The van der Waals surface area contributed by atoms with Crippen LogP contribution in [0.15, 0.2) is 49.1 Å². The summed E-state index contributed by atoms with van der Waals surface area (Å²) >= 11 is 0. The highest BCUT2D eigenvalue weighted by atomic mass is 16.5. The van der Waals surface area contributed by atoms with Crippen LogP contribution in [0.4, 0.5) is 23.3 Å². The lowest BCUT2D eigenvalue weighted by molar-refractivity contribution is -0.117. The highest BCUT2D eigenvalue weighted by Crippen LogP contribution is 2.33. The minimum atomic E-state index is -0.109. The second kappa shape index (κ2) is 12.7. The van der Waals surface area contributed by atoms with E-state index in [2.05, 4.69) is 45.9 Å². The first-order valence-corrected chi connectivity index (χ1v) is 14.4. The van der Waals surface area contributed by atoms with E-state index < -0.39 is 0 Å². The molecule has 5 aromatic rings. The molecule has 1 saturated heterocycles. The van der Waals surface area contributed by atoms with E-state index in [1.54, 1.807) is 16.9 Å². The fourth-order valence-electron chi connectivity index (χ4n) is 5.25. The molecule has 0 radical (unpaired) electrons. The number of ether oxygens (including phenoxy) is 1. The number of nitrogens with zero attached hydrogens (tertiary/aromatic N) is 7. The number of carbonyl (C=O) groups is 1. The number of aliphatic hydroxyl groups excluding tert-OH is 1. The molecule has 228 valence electrons. The Morgan fingerprint density at radius 1 is 1.18 bits per heavy atom. The summed E-state index contributed by atoms with van der Waals surface area (Å²) in [5, 5.41) is 23.6. The molecule has 1 aliphatic heterocycles. The maximum Gasteiger partial charge on any atom is 0.238 e. The summed E-state index contributed by atoms with van der Waals surface area (Å²) in [7, 11) is 1.89. The van der Waals surface area contributed by atoms with E-state index in [1.807, 2.05) is 51.4 Å². The number of amides is 1. The number of para-hydroxylation sites is 1. The van der Waals surface area contributed by atoms with E-state index in [-0.39, 0.29) is 25.2 Å². The standard InChI is InChI=1S/C30H35N11O3/c1-18-13-33-30(37-25-11-19(2)40(3)39-25)38-28(18)22-14-32-29-21(22)5-4-6-23(29)36-26(43)16-41-9-7-20(15-41)44-27-12-24(31-8-10-42)34-17-35-27/h4-6,11-14,17,20,32,42H,7-10,15-16H2,1-3H3,(H,36,43)(H,31,34,35)(H,33,37,38,39)/t20-/m0/s1. The van der Waals surface area contributed by atoms with Gasteiger partial charge in [-0.15, -0.1) is 0 Å². The largest absolute Gasteiger partial charge is 0.473 e. The number of fused-ring (bicyclic) bond motifs is 1. The van der Waals surface area contributed by atoms with Crippen LogP contribution in [0.3, 0.4) is 0 Å². The summed E-state index contributed by atoms with van der Waals surface area (Å²) in [4.78, 5) is 36.0. The number of likely N-dealkylation sites (tertiary alicyclic amines) is 1. The van der Waals surface area contributed by atoms with Crippen LogP contribution in [0.2, 0.25) is 0 Å². The first kappa shape index (κ1) is 29.0. The molecule has 0 saturated carbocycles. The monoisotopic (exact) mass is 597 g/mol. The second-order valence-electron chi connectivity index (χ2n) is 10.8. The summed E-state index contributed by atoms with van der Waals surface area (Å²) in [6, 6.07) is 9.46. The van der Waals surface area contributed by atoms with Gasteiger partial charge in [0, 0.05) is 67.9 Å². The fourth-order valence-corrected chi connectivity index (χ4v) is 5.25. The topological polar surface area (TPSA) is 171 Å². The Bertz CT molecular complexity index is 1760. The van der Waals surface area contributed by atoms with Crippen molar-refractivity contribution < 1.29 is 14.6 Å². The normalized spacial score (nSPS) is 15.0. The molecule has 1 aromatic carbocycles. The van der Waals surface area contributed by atoms with Crippen molar-refractivity contribution in [1.82, 2.24) is 39.6 Å². The summed E-state index contributed by atoms with van der Waals surface area (Å²) in [5.41, 5.74) is 5.16. The van der Waals surface area contributed by atoms with Crippen molar-refractivity contribution in [2.75, 3.05) is 48.7 Å². The van der Waals surface area contributed by atoms with Crippen molar-refractivity contribution in [3.63, 3.8) is 0 Å². The number of aliphatic hydroxyl groups is 1. The molecule has 1 amide bonds. The molecule has 1 aliphatic rings. The molecule has 0 unspecified atom stereocenters. The zero-order valence-electron chi connectivity index (χ0n) is 24.8. The Kier molecular flexibility index (Phi) is 8.34. The van der Waals surface area contributed by atoms with Gasteiger partial charge in [0.1, 0.15) is 18.2 Å². The lowest BCUT2D eigenvalue weighted by atomic mass is 10.1. The number of H-pyrrole nitrogens is 1. The van der Waals surface area contributed by atoms with Crippen molar-refractivity contribution in [2.24, 2.45) is 7.05 Å². The third-order valence-electron chi connectivity index (χ3n) is 7.51. The average Bonchev–Trinajstić information content (AvgIpc) is 3.72. The molecule has 44 heavy (non-hydrogen) atoms. The van der Waals surface area contributed by atoms with E-state index in [9.17, 15) is 4.79 Å². The van der Waals surface area contributed by atoms with Gasteiger partial charge >= 0.3 is 0 Å². The lowest BCUT2D eigenvalue weighted by Gasteiger charge is -2.16. The molecule has 1 fully saturated rings. The summed E-state index contributed by atoms with van der Waals surface area (Å²) in [6.07, 6.45) is 5.81. The molecule has 6 rings (SSSR count). The summed E-state index contributed by atoms with van der Waals surface area (Å²) in [5.74, 6) is 2.07. The Morgan fingerprint density at radius 2 is 2.07 bits per heavy atom. The number of anilines is 4. The van der Waals surface area contributed by atoms with Crippen molar-refractivity contribution >= 4 is 40.1 Å². The van der Waals surface area contributed by atoms with Crippen LogP contribution in [0.25, 0.3) is 22.2 Å². The van der Waals surface area contributed by atoms with E-state index in [1.165, 1.54) is 6.33 Å². The molecule has 5 N–H and O–H groups in total. The molecule has 1 atom stereocenters. The van der Waals surface area contributed by atoms with E-state index in [4.69, 9.17) is 14.8 Å². The number of carbonyl (C=O) groups excluding carboxylic acids is 1. The van der Waals surface area contributed by atoms with Gasteiger partial charge < -0.3 is 30.8 Å². The van der Waals surface area contributed by atoms with Crippen molar-refractivity contribution in [1.29, 1.82) is 0 Å². The average molecular weight is 598 g/mol. The van der Waals surface area contributed by atoms with Crippen LogP contribution in [-0.4, -0.2) is 89.5 Å². The zero-order valence-corrected chi connectivity index (χ0v) is 24.8. The van der Waals surface area contributed by atoms with E-state index in [0.29, 0.717) is 42.2 Å². The third kappa shape index (κ3) is 6.45. The van der Waals surface area contributed by atoms with Crippen LogP contribution in [0, 0.1) is 13.8 Å². The van der Waals surface area contributed by atoms with Gasteiger partial charge in [0.15, 0.2) is 5.82 Å². The van der Waals surface area contributed by atoms with Crippen molar-refractivity contribution in [3.05, 3.63) is 60.3 Å². The maximum absolute atomic E-state index is 13.1. The van der Waals surface area contributed by atoms with Crippen LogP contribution >= 0.6 is 0 Å². The summed E-state index contributed by atoms with van der Waals surface area (Å²) in [6.45, 7) is 5.93. The molecular formula is C30H35N11O3. The first-order chi connectivity index (χ1) is 21.4. The number of benzene rings is 1. The van der Waals surface area contributed by atoms with Gasteiger partial charge in [0.2, 0.25) is 17.7 Å². The molecule has 0 spiro atoms. The Hall–Kier alpha value is -5.08. The van der Waals surface area contributed by atoms with Crippen LogP contribution in [0.1, 0.15) is 17.7 Å².